The molecule has 0 aliphatic carbocycles. The van der Waals surface area contributed by atoms with E-state index in [4.69, 9.17) is 14.9 Å². The SMILES string of the molecule is Nc1c(OCc2ccc(-n3c4ccccc4c4ccc5ccccc5c43)cc2)cc(-c2ccccc2)c2oc3ccccc3c12. The number of nitrogens with two attached hydrogens (primary N) is 1. The normalized spacial score (nSPS) is 11.7. The molecule has 214 valence electrons. The lowest BCUT2D eigenvalue weighted by Crippen LogP contribution is -2.01. The summed E-state index contributed by atoms with van der Waals surface area (Å²) in [4.78, 5) is 0. The molecule has 0 spiro atoms. The predicted molar refractivity (Wildman–Crippen MR) is 186 cm³/mol. The van der Waals surface area contributed by atoms with E-state index in [0.29, 0.717) is 18.0 Å². The van der Waals surface area contributed by atoms with Crippen molar-refractivity contribution in [3.8, 4) is 22.6 Å². The van der Waals surface area contributed by atoms with Gasteiger partial charge in [0.2, 0.25) is 0 Å². The molecule has 0 atom stereocenters. The summed E-state index contributed by atoms with van der Waals surface area (Å²) in [6, 6.07) is 50.6. The van der Waals surface area contributed by atoms with Gasteiger partial charge >= 0.3 is 0 Å². The molecule has 0 fully saturated rings. The van der Waals surface area contributed by atoms with Crippen molar-refractivity contribution in [3.63, 3.8) is 0 Å². The van der Waals surface area contributed by atoms with Crippen LogP contribution < -0.4 is 10.5 Å². The highest BCUT2D eigenvalue weighted by Crippen LogP contribution is 2.44. The predicted octanol–water partition coefficient (Wildman–Crippen LogP) is 10.7. The van der Waals surface area contributed by atoms with Crippen molar-refractivity contribution in [1.29, 1.82) is 0 Å². The Bertz CT molecular complexity index is 2540. The van der Waals surface area contributed by atoms with Crippen molar-refractivity contribution in [2.75, 3.05) is 5.73 Å². The lowest BCUT2D eigenvalue weighted by Gasteiger charge is -2.14. The molecule has 45 heavy (non-hydrogen) atoms. The van der Waals surface area contributed by atoms with Gasteiger partial charge in [-0.1, -0.05) is 115 Å². The largest absolute Gasteiger partial charge is 0.487 e. The molecule has 0 radical (unpaired) electrons. The van der Waals surface area contributed by atoms with Gasteiger partial charge < -0.3 is 19.5 Å². The molecule has 0 unspecified atom stereocenters. The van der Waals surface area contributed by atoms with Crippen LogP contribution in [0.4, 0.5) is 5.69 Å². The molecule has 0 aliphatic rings. The van der Waals surface area contributed by atoms with Crippen molar-refractivity contribution in [2.24, 2.45) is 0 Å². The van der Waals surface area contributed by atoms with E-state index in [1.54, 1.807) is 0 Å². The lowest BCUT2D eigenvalue weighted by atomic mass is 10.0. The Hall–Kier alpha value is -6.00. The minimum Gasteiger partial charge on any atom is -0.487 e. The van der Waals surface area contributed by atoms with Gasteiger partial charge in [0.1, 0.15) is 23.5 Å². The summed E-state index contributed by atoms with van der Waals surface area (Å²) >= 11 is 0. The molecule has 9 aromatic rings. The molecule has 4 nitrogen and oxygen atoms in total. The zero-order chi connectivity index (χ0) is 29.9. The summed E-state index contributed by atoms with van der Waals surface area (Å²) in [7, 11) is 0. The Morgan fingerprint density at radius 3 is 2.18 bits per heavy atom. The number of rotatable bonds is 5. The van der Waals surface area contributed by atoms with E-state index in [9.17, 15) is 0 Å². The van der Waals surface area contributed by atoms with Crippen LogP contribution in [0.1, 0.15) is 5.56 Å². The van der Waals surface area contributed by atoms with Crippen molar-refractivity contribution < 1.29 is 9.15 Å². The first-order valence-corrected chi connectivity index (χ1v) is 15.2. The topological polar surface area (TPSA) is 53.3 Å². The molecular formula is C41H28N2O2. The molecule has 0 saturated heterocycles. The molecule has 4 heteroatoms. The number of nitrogens with zero attached hydrogens (tertiary/aromatic N) is 1. The number of anilines is 1. The first-order valence-electron chi connectivity index (χ1n) is 15.2. The Balaban J connectivity index is 1.11. The standard InChI is InChI=1S/C41H28N2O2/c42-39-37(24-34(27-10-2-1-3-11-27)41-38(39)33-15-7-9-17-36(33)45-41)44-25-26-18-21-29(22-19-26)43-35-16-8-6-14-31(35)32-23-20-28-12-4-5-13-30(28)40(32)43/h1-24H,25,42H2. The van der Waals surface area contributed by atoms with Crippen molar-refractivity contribution in [1.82, 2.24) is 4.57 Å². The Kier molecular flexibility index (Phi) is 5.69. The van der Waals surface area contributed by atoms with Crippen LogP contribution in [-0.4, -0.2) is 4.57 Å². The zero-order valence-electron chi connectivity index (χ0n) is 24.4. The Morgan fingerprint density at radius 2 is 1.33 bits per heavy atom. The Morgan fingerprint density at radius 1 is 0.622 bits per heavy atom. The van der Waals surface area contributed by atoms with Crippen molar-refractivity contribution in [3.05, 3.63) is 151 Å². The molecule has 0 aliphatic heterocycles. The molecule has 2 N–H and O–H groups in total. The molecule has 7 aromatic carbocycles. The number of ether oxygens (including phenoxy) is 1. The average Bonchev–Trinajstić information content (AvgIpc) is 3.66. The highest BCUT2D eigenvalue weighted by molar-refractivity contribution is 6.19. The van der Waals surface area contributed by atoms with Crippen LogP contribution in [0.5, 0.6) is 5.75 Å². The second kappa shape index (κ2) is 10.0. The third-order valence-electron chi connectivity index (χ3n) is 8.88. The fourth-order valence-electron chi connectivity index (χ4n) is 6.75. The minimum absolute atomic E-state index is 0.385. The van der Waals surface area contributed by atoms with Gasteiger partial charge in [0.25, 0.3) is 0 Å². The van der Waals surface area contributed by atoms with Gasteiger partial charge in [-0.15, -0.1) is 0 Å². The van der Waals surface area contributed by atoms with Crippen LogP contribution >= 0.6 is 0 Å². The number of hydrogen-bond acceptors (Lipinski definition) is 3. The quantitative estimate of drug-likeness (QED) is 0.206. The molecule has 0 amide bonds. The van der Waals surface area contributed by atoms with E-state index in [2.05, 4.69) is 102 Å². The molecule has 2 aromatic heterocycles. The molecular weight excluding hydrogens is 552 g/mol. The first kappa shape index (κ1) is 25.5. The van der Waals surface area contributed by atoms with Crippen molar-refractivity contribution >= 4 is 60.2 Å². The van der Waals surface area contributed by atoms with Gasteiger partial charge in [-0.2, -0.15) is 0 Å². The number of hydrogen-bond donors (Lipinski definition) is 1. The second-order valence-corrected chi connectivity index (χ2v) is 11.5. The summed E-state index contributed by atoms with van der Waals surface area (Å²) < 4.78 is 15.2. The van der Waals surface area contributed by atoms with Crippen LogP contribution in [-0.2, 0) is 6.61 Å². The van der Waals surface area contributed by atoms with Gasteiger partial charge in [0, 0.05) is 32.8 Å². The smallest absolute Gasteiger partial charge is 0.145 e. The third kappa shape index (κ3) is 4.00. The maximum absolute atomic E-state index is 6.79. The summed E-state index contributed by atoms with van der Waals surface area (Å²) in [5.74, 6) is 0.644. The van der Waals surface area contributed by atoms with Crippen LogP contribution in [0.3, 0.4) is 0 Å². The van der Waals surface area contributed by atoms with Crippen LogP contribution in [0.2, 0.25) is 0 Å². The molecule has 0 saturated carbocycles. The third-order valence-corrected chi connectivity index (χ3v) is 8.88. The fourth-order valence-corrected chi connectivity index (χ4v) is 6.75. The minimum atomic E-state index is 0.385. The first-order chi connectivity index (χ1) is 22.2. The van der Waals surface area contributed by atoms with Gasteiger partial charge in [0.15, 0.2) is 0 Å². The summed E-state index contributed by atoms with van der Waals surface area (Å²) in [6.07, 6.45) is 0. The maximum Gasteiger partial charge on any atom is 0.145 e. The number of aromatic nitrogens is 1. The van der Waals surface area contributed by atoms with E-state index in [0.717, 1.165) is 44.3 Å². The van der Waals surface area contributed by atoms with E-state index in [1.807, 2.05) is 48.5 Å². The van der Waals surface area contributed by atoms with E-state index >= 15 is 0 Å². The summed E-state index contributed by atoms with van der Waals surface area (Å²) in [5, 5.41) is 6.84. The highest BCUT2D eigenvalue weighted by Gasteiger charge is 2.20. The van der Waals surface area contributed by atoms with Crippen LogP contribution in [0.25, 0.3) is 71.3 Å². The number of fused-ring (bicyclic) bond motifs is 8. The Labute approximate surface area is 259 Å². The van der Waals surface area contributed by atoms with E-state index < -0.39 is 0 Å². The number of nitrogen functional groups attached to an aromatic ring is 1. The van der Waals surface area contributed by atoms with E-state index in [-0.39, 0.29) is 0 Å². The van der Waals surface area contributed by atoms with Gasteiger partial charge in [-0.3, -0.25) is 0 Å². The second-order valence-electron chi connectivity index (χ2n) is 11.5. The summed E-state index contributed by atoms with van der Waals surface area (Å²) in [5.41, 5.74) is 15.5. The summed E-state index contributed by atoms with van der Waals surface area (Å²) in [6.45, 7) is 0.385. The van der Waals surface area contributed by atoms with Gasteiger partial charge in [0.05, 0.1) is 22.1 Å². The van der Waals surface area contributed by atoms with Crippen molar-refractivity contribution in [2.45, 2.75) is 6.61 Å². The number of benzene rings is 7. The molecule has 9 rings (SSSR count). The maximum atomic E-state index is 6.79. The average molecular weight is 581 g/mol. The van der Waals surface area contributed by atoms with E-state index in [1.165, 1.54) is 32.6 Å². The van der Waals surface area contributed by atoms with Crippen LogP contribution in [0, 0.1) is 0 Å². The molecule has 2 heterocycles. The fraction of sp³-hybridized carbons (Fsp3) is 0.0244. The highest BCUT2D eigenvalue weighted by atomic mass is 16.5. The number of furan rings is 1. The lowest BCUT2D eigenvalue weighted by molar-refractivity contribution is 0.308. The van der Waals surface area contributed by atoms with Gasteiger partial charge in [-0.05, 0) is 46.8 Å². The zero-order valence-corrected chi connectivity index (χ0v) is 24.4. The van der Waals surface area contributed by atoms with Crippen LogP contribution in [0.15, 0.2) is 150 Å². The van der Waals surface area contributed by atoms with Gasteiger partial charge in [-0.25, -0.2) is 0 Å². The monoisotopic (exact) mass is 580 g/mol. The molecule has 0 bridgehead atoms. The number of para-hydroxylation sites is 2.